The van der Waals surface area contributed by atoms with E-state index in [1.807, 2.05) is 0 Å². The fourth-order valence-electron chi connectivity index (χ4n) is 2.55. The highest BCUT2D eigenvalue weighted by Gasteiger charge is 2.24. The molecule has 19 heavy (non-hydrogen) atoms. The van der Waals surface area contributed by atoms with Crippen molar-refractivity contribution in [3.8, 4) is 0 Å². The van der Waals surface area contributed by atoms with Crippen molar-refractivity contribution in [2.75, 3.05) is 6.54 Å². The molecule has 0 heterocycles. The van der Waals surface area contributed by atoms with Crippen molar-refractivity contribution in [2.24, 2.45) is 5.92 Å². The van der Waals surface area contributed by atoms with E-state index in [4.69, 9.17) is 10.2 Å². The largest absolute Gasteiger partial charge is 0.479 e. The molecule has 0 aliphatic heterocycles. The lowest BCUT2D eigenvalue weighted by Crippen LogP contribution is -2.47. The number of aliphatic hydroxyl groups is 1. The van der Waals surface area contributed by atoms with Gasteiger partial charge in [0.1, 0.15) is 0 Å². The lowest BCUT2D eigenvalue weighted by molar-refractivity contribution is -0.146. The first kappa shape index (κ1) is 15.8. The number of urea groups is 1. The highest BCUT2D eigenvalue weighted by atomic mass is 16.4. The van der Waals surface area contributed by atoms with Gasteiger partial charge in [-0.15, -0.1) is 0 Å². The Morgan fingerprint density at radius 2 is 2.00 bits per heavy atom. The van der Waals surface area contributed by atoms with Gasteiger partial charge in [-0.2, -0.15) is 0 Å². The summed E-state index contributed by atoms with van der Waals surface area (Å²) in [6, 6.07) is -0.0638. The van der Waals surface area contributed by atoms with Gasteiger partial charge < -0.3 is 20.8 Å². The van der Waals surface area contributed by atoms with Crippen LogP contribution >= 0.6 is 0 Å². The van der Waals surface area contributed by atoms with Gasteiger partial charge in [0, 0.05) is 19.0 Å². The van der Waals surface area contributed by atoms with Crippen LogP contribution in [0.15, 0.2) is 0 Å². The molecule has 0 aromatic carbocycles. The van der Waals surface area contributed by atoms with Crippen LogP contribution in [0.5, 0.6) is 0 Å². The molecule has 6 nitrogen and oxygen atoms in total. The van der Waals surface area contributed by atoms with E-state index >= 15 is 0 Å². The van der Waals surface area contributed by atoms with Crippen LogP contribution < -0.4 is 10.6 Å². The van der Waals surface area contributed by atoms with Crippen molar-refractivity contribution >= 4 is 12.0 Å². The van der Waals surface area contributed by atoms with Gasteiger partial charge in [0.05, 0.1) is 0 Å². The third kappa shape index (κ3) is 5.46. The minimum atomic E-state index is -1.42. The van der Waals surface area contributed by atoms with Gasteiger partial charge in [0.25, 0.3) is 0 Å². The number of carboxylic acid groups (broad SMARTS) is 1. The molecule has 1 rings (SSSR count). The number of carboxylic acids is 1. The molecule has 3 unspecified atom stereocenters. The first-order valence-electron chi connectivity index (χ1n) is 6.99. The molecule has 6 heteroatoms. The van der Waals surface area contributed by atoms with Crippen molar-refractivity contribution in [2.45, 2.75) is 57.6 Å². The second kappa shape index (κ2) is 7.99. The molecule has 1 aliphatic carbocycles. The fraction of sp³-hybridized carbons (Fsp3) is 0.846. The van der Waals surface area contributed by atoms with E-state index in [1.165, 1.54) is 6.42 Å². The Kier molecular flexibility index (Phi) is 6.62. The summed E-state index contributed by atoms with van der Waals surface area (Å²) in [6.07, 6.45) is 4.18. The summed E-state index contributed by atoms with van der Waals surface area (Å²) in [4.78, 5) is 22.1. The van der Waals surface area contributed by atoms with Crippen molar-refractivity contribution in [3.63, 3.8) is 0 Å². The number of amides is 2. The average Bonchev–Trinajstić information content (AvgIpc) is 2.39. The topological polar surface area (TPSA) is 98.7 Å². The Labute approximate surface area is 113 Å². The zero-order chi connectivity index (χ0) is 14.3. The quantitative estimate of drug-likeness (QED) is 0.581. The number of carbonyl (C=O) groups excluding carboxylic acids is 1. The number of hydrogen-bond acceptors (Lipinski definition) is 3. The van der Waals surface area contributed by atoms with Gasteiger partial charge >= 0.3 is 12.0 Å². The van der Waals surface area contributed by atoms with Crippen LogP contribution in [0.1, 0.15) is 45.4 Å². The Bertz CT molecular complexity index is 309. The number of carbonyl (C=O) groups is 2. The Morgan fingerprint density at radius 3 is 2.63 bits per heavy atom. The van der Waals surface area contributed by atoms with Gasteiger partial charge in [0.15, 0.2) is 6.10 Å². The van der Waals surface area contributed by atoms with Crippen molar-refractivity contribution in [1.82, 2.24) is 10.6 Å². The van der Waals surface area contributed by atoms with E-state index in [9.17, 15) is 9.59 Å². The SMILES string of the molecule is CCC1CCCCC1NC(=O)NCCC(O)C(=O)O. The van der Waals surface area contributed by atoms with Gasteiger partial charge in [-0.3, -0.25) is 0 Å². The molecule has 0 spiro atoms. The van der Waals surface area contributed by atoms with E-state index in [1.54, 1.807) is 0 Å². The van der Waals surface area contributed by atoms with Crippen LogP contribution in [-0.4, -0.2) is 40.9 Å². The van der Waals surface area contributed by atoms with Crippen molar-refractivity contribution in [1.29, 1.82) is 0 Å². The van der Waals surface area contributed by atoms with Gasteiger partial charge in [-0.1, -0.05) is 26.2 Å². The standard InChI is InChI=1S/C13H24N2O4/c1-2-9-5-3-4-6-10(9)15-13(19)14-8-7-11(16)12(17)18/h9-11,16H,2-8H2,1H3,(H,17,18)(H2,14,15,19). The van der Waals surface area contributed by atoms with E-state index in [2.05, 4.69) is 17.6 Å². The number of nitrogens with one attached hydrogen (secondary N) is 2. The number of hydrogen-bond donors (Lipinski definition) is 4. The molecular formula is C13H24N2O4. The van der Waals surface area contributed by atoms with E-state index in [-0.39, 0.29) is 25.0 Å². The van der Waals surface area contributed by atoms with Crippen LogP contribution in [-0.2, 0) is 4.79 Å². The Hall–Kier alpha value is -1.30. The zero-order valence-corrected chi connectivity index (χ0v) is 11.4. The molecule has 4 N–H and O–H groups in total. The monoisotopic (exact) mass is 272 g/mol. The minimum absolute atomic E-state index is 0.0185. The normalized spacial score (nSPS) is 24.5. The second-order valence-electron chi connectivity index (χ2n) is 5.10. The average molecular weight is 272 g/mol. The molecular weight excluding hydrogens is 248 g/mol. The maximum atomic E-state index is 11.7. The zero-order valence-electron chi connectivity index (χ0n) is 11.4. The first-order valence-corrected chi connectivity index (χ1v) is 6.99. The number of aliphatic carboxylic acids is 1. The third-order valence-corrected chi connectivity index (χ3v) is 3.74. The summed E-state index contributed by atoms with van der Waals surface area (Å²) in [6.45, 7) is 2.29. The first-order chi connectivity index (χ1) is 9.04. The summed E-state index contributed by atoms with van der Waals surface area (Å²) >= 11 is 0. The van der Waals surface area contributed by atoms with Crippen LogP contribution in [0.2, 0.25) is 0 Å². The number of rotatable bonds is 6. The van der Waals surface area contributed by atoms with Crippen LogP contribution in [0.4, 0.5) is 4.79 Å². The molecule has 1 saturated carbocycles. The molecule has 0 radical (unpaired) electrons. The molecule has 1 fully saturated rings. The molecule has 2 amide bonds. The molecule has 110 valence electrons. The van der Waals surface area contributed by atoms with E-state index in [0.717, 1.165) is 25.7 Å². The van der Waals surface area contributed by atoms with Crippen LogP contribution in [0, 0.1) is 5.92 Å². The Morgan fingerprint density at radius 1 is 1.32 bits per heavy atom. The molecule has 0 saturated heterocycles. The maximum Gasteiger partial charge on any atom is 0.332 e. The molecule has 1 aliphatic rings. The smallest absolute Gasteiger partial charge is 0.332 e. The predicted octanol–water partition coefficient (Wildman–Crippen LogP) is 1.09. The fourth-order valence-corrected chi connectivity index (χ4v) is 2.55. The van der Waals surface area contributed by atoms with Crippen LogP contribution in [0.25, 0.3) is 0 Å². The molecule has 0 aromatic rings. The van der Waals surface area contributed by atoms with E-state index < -0.39 is 12.1 Å². The summed E-state index contributed by atoms with van der Waals surface area (Å²) in [5.41, 5.74) is 0. The molecule has 0 bridgehead atoms. The summed E-state index contributed by atoms with van der Waals surface area (Å²) in [5, 5.41) is 23.1. The highest BCUT2D eigenvalue weighted by Crippen LogP contribution is 2.26. The summed E-state index contributed by atoms with van der Waals surface area (Å²) in [5.74, 6) is -0.732. The van der Waals surface area contributed by atoms with Crippen LogP contribution in [0.3, 0.4) is 0 Å². The summed E-state index contributed by atoms with van der Waals surface area (Å²) in [7, 11) is 0. The Balaban J connectivity index is 2.24. The van der Waals surface area contributed by atoms with Crippen molar-refractivity contribution in [3.05, 3.63) is 0 Å². The minimum Gasteiger partial charge on any atom is -0.479 e. The third-order valence-electron chi connectivity index (χ3n) is 3.74. The lowest BCUT2D eigenvalue weighted by atomic mass is 9.83. The number of aliphatic hydroxyl groups excluding tert-OH is 1. The lowest BCUT2D eigenvalue weighted by Gasteiger charge is -2.31. The predicted molar refractivity (Wildman–Crippen MR) is 70.8 cm³/mol. The van der Waals surface area contributed by atoms with Crippen molar-refractivity contribution < 1.29 is 19.8 Å². The maximum absolute atomic E-state index is 11.7. The molecule has 0 aromatic heterocycles. The highest BCUT2D eigenvalue weighted by molar-refractivity contribution is 5.74. The van der Waals surface area contributed by atoms with Gasteiger partial charge in [-0.25, -0.2) is 9.59 Å². The second-order valence-corrected chi connectivity index (χ2v) is 5.10. The van der Waals surface area contributed by atoms with Gasteiger partial charge in [-0.05, 0) is 18.8 Å². The molecule has 3 atom stereocenters. The van der Waals surface area contributed by atoms with Gasteiger partial charge in [0.2, 0.25) is 0 Å². The summed E-state index contributed by atoms with van der Waals surface area (Å²) < 4.78 is 0. The van der Waals surface area contributed by atoms with E-state index in [0.29, 0.717) is 5.92 Å².